The number of piperazine rings is 1. The first kappa shape index (κ1) is 30.8. The van der Waals surface area contributed by atoms with E-state index >= 15 is 4.39 Å². The molecule has 0 bridgehead atoms. The average Bonchev–Trinajstić information content (AvgIpc) is 3.29. The van der Waals surface area contributed by atoms with Crippen molar-refractivity contribution in [3.8, 4) is 11.3 Å². The van der Waals surface area contributed by atoms with Crippen molar-refractivity contribution in [2.24, 2.45) is 0 Å². The first-order chi connectivity index (χ1) is 20.7. The molecule has 2 amide bonds. The molecular weight excluding hydrogens is 570 g/mol. The molecule has 0 saturated carbocycles. The average molecular weight is 607 g/mol. The molecule has 0 spiro atoms. The highest BCUT2D eigenvalue weighted by Crippen LogP contribution is 2.30. The summed E-state index contributed by atoms with van der Waals surface area (Å²) < 4.78 is 37.3. The SMILES string of the molecule is Cc1nc2c(F)cc(-c3nc(Nc4ccc(C(=O)N5CCN(C(=O)OC(C)(C)C)C[C@@H]5C)cn4)ncc3F)cc2n1C(C)C. The number of hydrogen-bond acceptors (Lipinski definition) is 8. The lowest BCUT2D eigenvalue weighted by Gasteiger charge is -2.40. The number of rotatable bonds is 5. The van der Waals surface area contributed by atoms with Crippen molar-refractivity contribution in [3.63, 3.8) is 0 Å². The third-order valence-electron chi connectivity index (χ3n) is 7.25. The zero-order chi connectivity index (χ0) is 31.9. The van der Waals surface area contributed by atoms with Crippen LogP contribution in [0.5, 0.6) is 0 Å². The minimum Gasteiger partial charge on any atom is -0.444 e. The van der Waals surface area contributed by atoms with Crippen LogP contribution >= 0.6 is 0 Å². The Morgan fingerprint density at radius 3 is 2.43 bits per heavy atom. The lowest BCUT2D eigenvalue weighted by Crippen LogP contribution is -2.56. The van der Waals surface area contributed by atoms with Gasteiger partial charge in [-0.1, -0.05) is 0 Å². The number of ether oxygens (including phenoxy) is 1. The van der Waals surface area contributed by atoms with Gasteiger partial charge in [-0.3, -0.25) is 4.79 Å². The second kappa shape index (κ2) is 11.8. The summed E-state index contributed by atoms with van der Waals surface area (Å²) in [6.45, 7) is 14.1. The molecule has 44 heavy (non-hydrogen) atoms. The summed E-state index contributed by atoms with van der Waals surface area (Å²) in [6, 6.07) is 5.89. The second-order valence-corrected chi connectivity index (χ2v) is 12.2. The molecule has 1 aliphatic rings. The molecule has 13 heteroatoms. The molecule has 4 aromatic rings. The first-order valence-electron chi connectivity index (χ1n) is 14.4. The van der Waals surface area contributed by atoms with Crippen molar-refractivity contribution in [1.82, 2.24) is 34.3 Å². The molecule has 1 saturated heterocycles. The maximum Gasteiger partial charge on any atom is 0.410 e. The number of benzene rings is 1. The number of carbonyl (C=O) groups is 2. The van der Waals surface area contributed by atoms with Gasteiger partial charge in [-0.05, 0) is 72.7 Å². The molecule has 0 unspecified atom stereocenters. The number of aromatic nitrogens is 5. The maximum absolute atomic E-state index is 15.0. The largest absolute Gasteiger partial charge is 0.444 e. The third-order valence-corrected chi connectivity index (χ3v) is 7.25. The van der Waals surface area contributed by atoms with Crippen molar-refractivity contribution in [3.05, 3.63) is 59.7 Å². The molecule has 3 aromatic heterocycles. The van der Waals surface area contributed by atoms with E-state index in [-0.39, 0.29) is 40.7 Å². The Kier molecular flexibility index (Phi) is 8.23. The highest BCUT2D eigenvalue weighted by Gasteiger charge is 2.32. The molecule has 11 nitrogen and oxygen atoms in total. The van der Waals surface area contributed by atoms with Gasteiger partial charge in [-0.25, -0.2) is 33.5 Å². The van der Waals surface area contributed by atoms with Gasteiger partial charge in [0.1, 0.15) is 28.5 Å². The van der Waals surface area contributed by atoms with Crippen LogP contribution in [0.4, 0.5) is 25.3 Å². The van der Waals surface area contributed by atoms with Crippen LogP contribution in [0.25, 0.3) is 22.3 Å². The fourth-order valence-electron chi connectivity index (χ4n) is 5.31. The molecule has 1 aliphatic heterocycles. The van der Waals surface area contributed by atoms with E-state index in [0.29, 0.717) is 42.4 Å². The van der Waals surface area contributed by atoms with Crippen LogP contribution in [-0.4, -0.2) is 77.6 Å². The Morgan fingerprint density at radius 2 is 1.80 bits per heavy atom. The number of nitrogens with zero attached hydrogens (tertiary/aromatic N) is 7. The number of anilines is 2. The second-order valence-electron chi connectivity index (χ2n) is 12.2. The standard InChI is InChI=1S/C31H36F2N8O3/c1-17(2)41-19(4)36-27-22(32)12-21(13-24(27)41)26-23(33)15-35-29(38-26)37-25-9-8-20(14-34-25)28(42)40-11-10-39(16-18(40)3)30(43)44-31(5,6)7/h8-9,12-15,17-18H,10-11,16H2,1-7H3,(H,34,35,37,38)/t18-/m0/s1. The number of fused-ring (bicyclic) bond motifs is 1. The summed E-state index contributed by atoms with van der Waals surface area (Å²) in [7, 11) is 0. The predicted octanol–water partition coefficient (Wildman–Crippen LogP) is 5.88. The number of hydrogen-bond donors (Lipinski definition) is 1. The van der Waals surface area contributed by atoms with E-state index in [1.807, 2.05) is 46.1 Å². The van der Waals surface area contributed by atoms with Gasteiger partial charge in [-0.15, -0.1) is 0 Å². The topological polar surface area (TPSA) is 118 Å². The van der Waals surface area contributed by atoms with Crippen LogP contribution < -0.4 is 5.32 Å². The summed E-state index contributed by atoms with van der Waals surface area (Å²) >= 11 is 0. The summed E-state index contributed by atoms with van der Waals surface area (Å²) in [6.07, 6.45) is 2.04. The molecular formula is C31H36F2N8O3. The van der Waals surface area contributed by atoms with Crippen LogP contribution in [0.3, 0.4) is 0 Å². The number of carbonyl (C=O) groups excluding carboxylic acids is 2. The maximum atomic E-state index is 15.0. The number of halogens is 2. The van der Waals surface area contributed by atoms with Gasteiger partial charge in [0.15, 0.2) is 11.6 Å². The first-order valence-corrected chi connectivity index (χ1v) is 14.4. The van der Waals surface area contributed by atoms with Gasteiger partial charge >= 0.3 is 6.09 Å². The van der Waals surface area contributed by atoms with E-state index < -0.39 is 23.3 Å². The van der Waals surface area contributed by atoms with Crippen molar-refractivity contribution in [2.75, 3.05) is 25.0 Å². The smallest absolute Gasteiger partial charge is 0.410 e. The number of imidazole rings is 1. The zero-order valence-corrected chi connectivity index (χ0v) is 25.9. The lowest BCUT2D eigenvalue weighted by atomic mass is 10.1. The fraction of sp³-hybridized carbons (Fsp3) is 0.419. The van der Waals surface area contributed by atoms with E-state index in [9.17, 15) is 14.0 Å². The summed E-state index contributed by atoms with van der Waals surface area (Å²) in [5.74, 6) is -0.464. The highest BCUT2D eigenvalue weighted by atomic mass is 19.1. The number of nitrogens with one attached hydrogen (secondary N) is 1. The Labute approximate surface area is 254 Å². The molecule has 1 aromatic carbocycles. The zero-order valence-electron chi connectivity index (χ0n) is 25.9. The normalized spacial score (nSPS) is 15.6. The van der Waals surface area contributed by atoms with Gasteiger partial charge in [0.2, 0.25) is 5.95 Å². The minimum atomic E-state index is -0.712. The molecule has 4 heterocycles. The fourth-order valence-corrected chi connectivity index (χ4v) is 5.31. The van der Waals surface area contributed by atoms with Crippen LogP contribution in [0.15, 0.2) is 36.7 Å². The Bertz CT molecular complexity index is 1720. The highest BCUT2D eigenvalue weighted by molar-refractivity contribution is 5.94. The molecule has 232 valence electrons. The monoisotopic (exact) mass is 606 g/mol. The molecule has 0 aliphatic carbocycles. The summed E-state index contributed by atoms with van der Waals surface area (Å²) in [5.41, 5.74) is 0.695. The molecule has 1 N–H and O–H groups in total. The van der Waals surface area contributed by atoms with Crippen LogP contribution in [-0.2, 0) is 4.74 Å². The quantitative estimate of drug-likeness (QED) is 0.299. The summed E-state index contributed by atoms with van der Waals surface area (Å²) in [4.78, 5) is 46.0. The minimum absolute atomic E-state index is 0.0214. The van der Waals surface area contributed by atoms with E-state index in [4.69, 9.17) is 4.74 Å². The van der Waals surface area contributed by atoms with Gasteiger partial charge in [-0.2, -0.15) is 0 Å². The molecule has 5 rings (SSSR count). The summed E-state index contributed by atoms with van der Waals surface area (Å²) in [5, 5.41) is 2.92. The van der Waals surface area contributed by atoms with E-state index in [1.165, 1.54) is 12.3 Å². The van der Waals surface area contributed by atoms with Crippen LogP contribution in [0.1, 0.15) is 63.8 Å². The van der Waals surface area contributed by atoms with E-state index in [2.05, 4.69) is 25.3 Å². The third kappa shape index (κ3) is 6.31. The lowest BCUT2D eigenvalue weighted by molar-refractivity contribution is 0.00616. The molecule has 0 radical (unpaired) electrons. The van der Waals surface area contributed by atoms with Gasteiger partial charge in [0.05, 0.1) is 17.3 Å². The predicted molar refractivity (Wildman–Crippen MR) is 162 cm³/mol. The number of amides is 2. The Hall–Kier alpha value is -4.68. The van der Waals surface area contributed by atoms with E-state index in [0.717, 1.165) is 6.20 Å². The van der Waals surface area contributed by atoms with Crippen molar-refractivity contribution in [1.29, 1.82) is 0 Å². The number of aryl methyl sites for hydroxylation is 1. The molecule has 1 fully saturated rings. The van der Waals surface area contributed by atoms with Gasteiger partial charge < -0.3 is 24.4 Å². The van der Waals surface area contributed by atoms with Gasteiger partial charge in [0, 0.05) is 43.5 Å². The Balaban J connectivity index is 1.30. The Morgan fingerprint density at radius 1 is 1.05 bits per heavy atom. The van der Waals surface area contributed by atoms with Crippen molar-refractivity contribution in [2.45, 2.75) is 66.2 Å². The van der Waals surface area contributed by atoms with Gasteiger partial charge in [0.25, 0.3) is 5.91 Å². The van der Waals surface area contributed by atoms with Crippen molar-refractivity contribution >= 4 is 34.8 Å². The number of pyridine rings is 1. The van der Waals surface area contributed by atoms with E-state index in [1.54, 1.807) is 34.9 Å². The van der Waals surface area contributed by atoms with Crippen molar-refractivity contribution < 1.29 is 23.1 Å². The van der Waals surface area contributed by atoms with Crippen LogP contribution in [0, 0.1) is 18.6 Å². The van der Waals surface area contributed by atoms with Crippen LogP contribution in [0.2, 0.25) is 0 Å². The molecule has 1 atom stereocenters.